The van der Waals surface area contributed by atoms with E-state index in [0.29, 0.717) is 11.3 Å². The van der Waals surface area contributed by atoms with E-state index in [9.17, 15) is 17.6 Å². The van der Waals surface area contributed by atoms with Gasteiger partial charge in [0.05, 0.1) is 11.8 Å². The fourth-order valence-corrected chi connectivity index (χ4v) is 1.53. The molecular weight excluding hydrogens is 260 g/mol. The van der Waals surface area contributed by atoms with E-state index in [-0.39, 0.29) is 6.54 Å². The Morgan fingerprint density at radius 3 is 2.32 bits per heavy atom. The smallest absolute Gasteiger partial charge is 0.381 e. The molecule has 0 radical (unpaired) electrons. The number of nitrogens with zero attached hydrogens (tertiary/aromatic N) is 1. The molecule has 2 rings (SSSR count). The standard InChI is InChI=1S/C13H10F4N2/c14-11-5-9(6-18-8-11)7-19-12-3-1-10(2-4-12)13(15,16)17/h1-6,8,19H,7H2. The molecule has 100 valence electrons. The minimum atomic E-state index is -4.34. The van der Waals surface area contributed by atoms with Crippen molar-refractivity contribution in [2.45, 2.75) is 12.7 Å². The van der Waals surface area contributed by atoms with Gasteiger partial charge in [-0.25, -0.2) is 4.39 Å². The van der Waals surface area contributed by atoms with Crippen molar-refractivity contribution >= 4 is 5.69 Å². The number of aromatic nitrogens is 1. The third-order valence-corrected chi connectivity index (χ3v) is 2.47. The molecule has 0 atom stereocenters. The van der Waals surface area contributed by atoms with Gasteiger partial charge in [0, 0.05) is 18.4 Å². The van der Waals surface area contributed by atoms with E-state index in [1.165, 1.54) is 24.4 Å². The highest BCUT2D eigenvalue weighted by molar-refractivity contribution is 5.45. The maximum Gasteiger partial charge on any atom is 0.416 e. The first-order valence-corrected chi connectivity index (χ1v) is 5.46. The Kier molecular flexibility index (Phi) is 3.69. The Morgan fingerprint density at radius 1 is 1.05 bits per heavy atom. The molecule has 0 spiro atoms. The molecule has 1 heterocycles. The summed E-state index contributed by atoms with van der Waals surface area (Å²) >= 11 is 0. The molecule has 1 aromatic heterocycles. The highest BCUT2D eigenvalue weighted by atomic mass is 19.4. The number of anilines is 1. The molecule has 0 fully saturated rings. The number of halogens is 4. The maximum absolute atomic E-state index is 12.9. The van der Waals surface area contributed by atoms with Crippen LogP contribution in [0.25, 0.3) is 0 Å². The van der Waals surface area contributed by atoms with E-state index in [1.54, 1.807) is 0 Å². The van der Waals surface area contributed by atoms with Crippen LogP contribution < -0.4 is 5.32 Å². The zero-order valence-electron chi connectivity index (χ0n) is 9.71. The average Bonchev–Trinajstić information content (AvgIpc) is 2.36. The molecule has 0 unspecified atom stereocenters. The monoisotopic (exact) mass is 270 g/mol. The van der Waals surface area contributed by atoms with E-state index in [4.69, 9.17) is 0 Å². The Bertz CT molecular complexity index is 549. The molecule has 2 aromatic rings. The van der Waals surface area contributed by atoms with Crippen LogP contribution in [0.1, 0.15) is 11.1 Å². The zero-order valence-corrected chi connectivity index (χ0v) is 9.71. The molecule has 0 saturated heterocycles. The number of alkyl halides is 3. The zero-order chi connectivity index (χ0) is 13.9. The van der Waals surface area contributed by atoms with E-state index in [2.05, 4.69) is 10.3 Å². The molecule has 1 aromatic carbocycles. The van der Waals surface area contributed by atoms with Crippen LogP contribution in [0, 0.1) is 5.82 Å². The first kappa shape index (κ1) is 13.3. The van der Waals surface area contributed by atoms with Gasteiger partial charge in [-0.1, -0.05) is 0 Å². The largest absolute Gasteiger partial charge is 0.416 e. The molecule has 0 bridgehead atoms. The van der Waals surface area contributed by atoms with Crippen LogP contribution in [0.3, 0.4) is 0 Å². The quantitative estimate of drug-likeness (QED) is 0.857. The van der Waals surface area contributed by atoms with Gasteiger partial charge in [-0.3, -0.25) is 4.98 Å². The van der Waals surface area contributed by atoms with Crippen LogP contribution in [0.15, 0.2) is 42.7 Å². The van der Waals surface area contributed by atoms with Gasteiger partial charge in [0.25, 0.3) is 0 Å². The first-order valence-electron chi connectivity index (χ1n) is 5.46. The van der Waals surface area contributed by atoms with Gasteiger partial charge in [0.2, 0.25) is 0 Å². The third kappa shape index (κ3) is 3.67. The lowest BCUT2D eigenvalue weighted by atomic mass is 10.2. The van der Waals surface area contributed by atoms with Crippen molar-refractivity contribution in [3.63, 3.8) is 0 Å². The van der Waals surface area contributed by atoms with Crippen molar-refractivity contribution < 1.29 is 17.6 Å². The second kappa shape index (κ2) is 5.26. The Morgan fingerprint density at radius 2 is 1.74 bits per heavy atom. The van der Waals surface area contributed by atoms with E-state index in [1.807, 2.05) is 0 Å². The summed E-state index contributed by atoms with van der Waals surface area (Å²) in [7, 11) is 0. The number of benzene rings is 1. The van der Waals surface area contributed by atoms with Gasteiger partial charge in [-0.2, -0.15) is 13.2 Å². The normalized spacial score (nSPS) is 11.4. The molecule has 2 nitrogen and oxygen atoms in total. The summed E-state index contributed by atoms with van der Waals surface area (Å²) < 4.78 is 49.9. The van der Waals surface area contributed by atoms with Crippen molar-refractivity contribution in [2.24, 2.45) is 0 Å². The van der Waals surface area contributed by atoms with Gasteiger partial charge in [-0.15, -0.1) is 0 Å². The summed E-state index contributed by atoms with van der Waals surface area (Å²) in [6.45, 7) is 0.288. The van der Waals surface area contributed by atoms with Crippen molar-refractivity contribution in [1.29, 1.82) is 0 Å². The summed E-state index contributed by atoms with van der Waals surface area (Å²) in [4.78, 5) is 3.68. The molecule has 0 aliphatic carbocycles. The highest BCUT2D eigenvalue weighted by Gasteiger charge is 2.29. The average molecular weight is 270 g/mol. The van der Waals surface area contributed by atoms with Crippen molar-refractivity contribution in [2.75, 3.05) is 5.32 Å². The molecule has 19 heavy (non-hydrogen) atoms. The predicted molar refractivity (Wildman–Crippen MR) is 63.0 cm³/mol. The number of rotatable bonds is 3. The second-order valence-electron chi connectivity index (χ2n) is 3.94. The van der Waals surface area contributed by atoms with E-state index in [0.717, 1.165) is 18.3 Å². The molecule has 1 N–H and O–H groups in total. The van der Waals surface area contributed by atoms with Crippen LogP contribution in [0.2, 0.25) is 0 Å². The van der Waals surface area contributed by atoms with Crippen molar-refractivity contribution in [3.05, 3.63) is 59.7 Å². The Hall–Kier alpha value is -2.11. The lowest BCUT2D eigenvalue weighted by molar-refractivity contribution is -0.137. The fourth-order valence-electron chi connectivity index (χ4n) is 1.53. The van der Waals surface area contributed by atoms with E-state index >= 15 is 0 Å². The van der Waals surface area contributed by atoms with Gasteiger partial charge >= 0.3 is 6.18 Å². The molecule has 6 heteroatoms. The lowest BCUT2D eigenvalue weighted by Gasteiger charge is -2.09. The minimum Gasteiger partial charge on any atom is -0.381 e. The predicted octanol–water partition coefficient (Wildman–Crippen LogP) is 3.85. The molecule has 0 amide bonds. The lowest BCUT2D eigenvalue weighted by Crippen LogP contribution is -2.05. The number of pyridine rings is 1. The van der Waals surface area contributed by atoms with Crippen LogP contribution in [-0.2, 0) is 12.7 Å². The van der Waals surface area contributed by atoms with Crippen LogP contribution in [0.5, 0.6) is 0 Å². The topological polar surface area (TPSA) is 24.9 Å². The SMILES string of the molecule is Fc1cncc(CNc2ccc(C(F)(F)F)cc2)c1. The number of hydrogen-bond acceptors (Lipinski definition) is 2. The number of hydrogen-bond donors (Lipinski definition) is 1. The number of nitrogens with one attached hydrogen (secondary N) is 1. The molecule has 0 saturated carbocycles. The minimum absolute atomic E-state index is 0.288. The van der Waals surface area contributed by atoms with Crippen molar-refractivity contribution in [1.82, 2.24) is 4.98 Å². The summed E-state index contributed by atoms with van der Waals surface area (Å²) in [6.07, 6.45) is -1.77. The second-order valence-corrected chi connectivity index (χ2v) is 3.94. The van der Waals surface area contributed by atoms with Gasteiger partial charge in [-0.05, 0) is 35.9 Å². The molecule has 0 aliphatic heterocycles. The van der Waals surface area contributed by atoms with Crippen LogP contribution >= 0.6 is 0 Å². The van der Waals surface area contributed by atoms with Gasteiger partial charge < -0.3 is 5.32 Å². The maximum atomic E-state index is 12.9. The van der Waals surface area contributed by atoms with Crippen LogP contribution in [0.4, 0.5) is 23.2 Å². The molecular formula is C13H10F4N2. The summed E-state index contributed by atoms with van der Waals surface area (Å²) in [5, 5.41) is 2.89. The first-order chi connectivity index (χ1) is 8.95. The van der Waals surface area contributed by atoms with E-state index < -0.39 is 17.6 Å². The summed E-state index contributed by atoms with van der Waals surface area (Å²) in [6, 6.07) is 5.95. The third-order valence-electron chi connectivity index (χ3n) is 2.47. The Labute approximate surface area is 107 Å². The van der Waals surface area contributed by atoms with Crippen molar-refractivity contribution in [3.8, 4) is 0 Å². The highest BCUT2D eigenvalue weighted by Crippen LogP contribution is 2.29. The summed E-state index contributed by atoms with van der Waals surface area (Å²) in [5.74, 6) is -0.452. The summed E-state index contributed by atoms with van der Waals surface area (Å²) in [5.41, 5.74) is 0.433. The van der Waals surface area contributed by atoms with Gasteiger partial charge in [0.1, 0.15) is 5.82 Å². The van der Waals surface area contributed by atoms with Crippen LogP contribution in [-0.4, -0.2) is 4.98 Å². The van der Waals surface area contributed by atoms with Gasteiger partial charge in [0.15, 0.2) is 0 Å². The Balaban J connectivity index is 2.01. The molecule has 0 aliphatic rings. The fraction of sp³-hybridized carbons (Fsp3) is 0.154.